The smallest absolute Gasteiger partial charge is 0.0616 e. The Morgan fingerprint density at radius 3 is 1.43 bits per heavy atom. The number of benzene rings is 4. The molecule has 2 nitrogen and oxygen atoms in total. The first-order valence-electron chi connectivity index (χ1n) is 7.54. The van der Waals surface area contributed by atoms with E-state index >= 15 is 0 Å². The van der Waals surface area contributed by atoms with Crippen LogP contribution in [0.4, 0.5) is 0 Å². The molecule has 0 bridgehead atoms. The van der Waals surface area contributed by atoms with Crippen molar-refractivity contribution in [1.82, 2.24) is 4.85 Å². The molecule has 0 heterocycles. The third-order valence-electron chi connectivity index (χ3n) is 4.14. The van der Waals surface area contributed by atoms with E-state index in [0.717, 1.165) is 32.7 Å². The van der Waals surface area contributed by atoms with Crippen LogP contribution in [0.25, 0.3) is 21.5 Å². The Morgan fingerprint density at radius 1 is 0.565 bits per heavy atom. The minimum Gasteiger partial charge on any atom is -0.0616 e. The van der Waals surface area contributed by atoms with Gasteiger partial charge in [0, 0.05) is 0 Å². The summed E-state index contributed by atoms with van der Waals surface area (Å²) < 4.78 is 0. The Balaban J connectivity index is 1.87. The molecule has 2 heteroatoms. The van der Waals surface area contributed by atoms with E-state index in [1.54, 1.807) is 0 Å². The van der Waals surface area contributed by atoms with E-state index in [-0.39, 0.29) is 0 Å². The van der Waals surface area contributed by atoms with Crippen LogP contribution in [0, 0.1) is 4.91 Å². The van der Waals surface area contributed by atoms with Crippen LogP contribution in [0.1, 0.15) is 11.1 Å². The minimum atomic E-state index is 0.474. The molecule has 0 atom stereocenters. The van der Waals surface area contributed by atoms with Gasteiger partial charge in [0.15, 0.2) is 4.91 Å². The first-order chi connectivity index (χ1) is 11.3. The van der Waals surface area contributed by atoms with Crippen molar-refractivity contribution in [2.75, 3.05) is 0 Å². The van der Waals surface area contributed by atoms with E-state index in [9.17, 15) is 4.91 Å². The molecule has 0 saturated carbocycles. The highest BCUT2D eigenvalue weighted by Crippen LogP contribution is 2.20. The van der Waals surface area contributed by atoms with Crippen molar-refractivity contribution in [3.05, 3.63) is 101 Å². The summed E-state index contributed by atoms with van der Waals surface area (Å²) in [6, 6.07) is 28.2. The van der Waals surface area contributed by atoms with Gasteiger partial charge in [-0.15, -0.1) is 0 Å². The quantitative estimate of drug-likeness (QED) is 0.391. The molecule has 0 radical (unpaired) electrons. The number of nitrogens with zero attached hydrogens (tertiary/aromatic N) is 1. The van der Waals surface area contributed by atoms with Gasteiger partial charge in [-0.3, -0.25) is 0 Å². The SMILES string of the molecule is O=[N+]=C(c1ccc2ccccc2c1)c1ccc2ccccc2c1. The molecular formula is C21H14NO+. The highest BCUT2D eigenvalue weighted by atomic mass is 16.2. The molecule has 4 aromatic rings. The molecule has 0 spiro atoms. The fraction of sp³-hybridized carbons (Fsp3) is 0. The molecule has 23 heavy (non-hydrogen) atoms. The Bertz CT molecular complexity index is 994. The average Bonchev–Trinajstić information content (AvgIpc) is 2.62. The van der Waals surface area contributed by atoms with Crippen LogP contribution in [-0.4, -0.2) is 5.71 Å². The predicted molar refractivity (Wildman–Crippen MR) is 96.6 cm³/mol. The van der Waals surface area contributed by atoms with Gasteiger partial charge in [-0.05, 0) is 45.8 Å². The summed E-state index contributed by atoms with van der Waals surface area (Å²) in [4.78, 5) is 14.8. The molecule has 0 unspecified atom stereocenters. The Labute approximate surface area is 133 Å². The van der Waals surface area contributed by atoms with Crippen LogP contribution in [0.3, 0.4) is 0 Å². The van der Waals surface area contributed by atoms with Crippen LogP contribution in [-0.2, 0) is 0 Å². The standard InChI is InChI=1S/C21H14NO/c23-22-21(19-11-9-15-5-1-3-7-17(15)13-19)20-12-10-16-6-2-4-8-18(16)14-20/h1-14H/q+1. The first-order valence-corrected chi connectivity index (χ1v) is 7.54. The van der Waals surface area contributed by atoms with E-state index in [0.29, 0.717) is 5.71 Å². The number of hydrogen-bond donors (Lipinski definition) is 0. The van der Waals surface area contributed by atoms with E-state index in [1.807, 2.05) is 72.8 Å². The third kappa shape index (κ3) is 2.42. The maximum atomic E-state index is 11.5. The zero-order chi connectivity index (χ0) is 15.6. The minimum absolute atomic E-state index is 0.474. The van der Waals surface area contributed by atoms with Crippen molar-refractivity contribution >= 4 is 27.3 Å². The lowest BCUT2D eigenvalue weighted by Crippen LogP contribution is -2.05. The maximum absolute atomic E-state index is 11.5. The van der Waals surface area contributed by atoms with Gasteiger partial charge in [-0.25, -0.2) is 0 Å². The summed E-state index contributed by atoms with van der Waals surface area (Å²) in [5.74, 6) is 0. The van der Waals surface area contributed by atoms with Crippen molar-refractivity contribution in [2.45, 2.75) is 0 Å². The molecule has 0 aliphatic rings. The lowest BCUT2D eigenvalue weighted by Gasteiger charge is -2.01. The molecule has 0 aliphatic heterocycles. The van der Waals surface area contributed by atoms with E-state index in [2.05, 4.69) is 17.0 Å². The monoisotopic (exact) mass is 296 g/mol. The molecule has 0 fully saturated rings. The van der Waals surface area contributed by atoms with Crippen molar-refractivity contribution < 1.29 is 0 Å². The van der Waals surface area contributed by atoms with Gasteiger partial charge in [-0.2, -0.15) is 0 Å². The van der Waals surface area contributed by atoms with Crippen molar-refractivity contribution in [2.24, 2.45) is 0 Å². The van der Waals surface area contributed by atoms with Crippen molar-refractivity contribution in [3.8, 4) is 0 Å². The second-order valence-corrected chi connectivity index (χ2v) is 5.56. The van der Waals surface area contributed by atoms with E-state index in [1.165, 1.54) is 0 Å². The number of fused-ring (bicyclic) bond motifs is 2. The number of nitroso groups, excluding NO2 is 1. The van der Waals surface area contributed by atoms with E-state index < -0.39 is 0 Å². The molecule has 0 amide bonds. The normalized spacial score (nSPS) is 10.6. The van der Waals surface area contributed by atoms with Crippen LogP contribution in [0.15, 0.2) is 84.9 Å². The summed E-state index contributed by atoms with van der Waals surface area (Å²) in [5, 5.41) is 4.51. The predicted octanol–water partition coefficient (Wildman–Crippen LogP) is 4.66. The average molecular weight is 296 g/mol. The molecular weight excluding hydrogens is 282 g/mol. The lowest BCUT2D eigenvalue weighted by atomic mass is 9.97. The van der Waals surface area contributed by atoms with E-state index in [4.69, 9.17) is 0 Å². The Morgan fingerprint density at radius 2 is 1.00 bits per heavy atom. The highest BCUT2D eigenvalue weighted by molar-refractivity contribution is 6.14. The second kappa shape index (κ2) is 5.53. The summed E-state index contributed by atoms with van der Waals surface area (Å²) in [6.07, 6.45) is 0. The molecule has 108 valence electrons. The lowest BCUT2D eigenvalue weighted by molar-refractivity contribution is 1.53. The third-order valence-corrected chi connectivity index (χ3v) is 4.14. The zero-order valence-corrected chi connectivity index (χ0v) is 12.4. The molecule has 4 rings (SSSR count). The molecule has 4 aromatic carbocycles. The largest absolute Gasteiger partial charge is 0.410 e. The van der Waals surface area contributed by atoms with Gasteiger partial charge in [0.05, 0.1) is 11.1 Å². The molecule has 0 aromatic heterocycles. The molecule has 0 saturated heterocycles. The summed E-state index contributed by atoms with van der Waals surface area (Å²) in [5.41, 5.74) is 2.16. The Kier molecular flexibility index (Phi) is 3.23. The van der Waals surface area contributed by atoms with Gasteiger partial charge in [0.25, 0.3) is 0 Å². The number of hydrogen-bond acceptors (Lipinski definition) is 1. The Hall–Kier alpha value is -3.22. The fourth-order valence-electron chi connectivity index (χ4n) is 2.95. The topological polar surface area (TPSA) is 31.2 Å². The maximum Gasteiger partial charge on any atom is 0.410 e. The zero-order valence-electron chi connectivity index (χ0n) is 12.4. The number of rotatable bonds is 2. The first kappa shape index (κ1) is 13.4. The summed E-state index contributed by atoms with van der Waals surface area (Å²) >= 11 is 0. The van der Waals surface area contributed by atoms with Gasteiger partial charge in [0.2, 0.25) is 4.85 Å². The van der Waals surface area contributed by atoms with Crippen LogP contribution in [0.2, 0.25) is 0 Å². The fourth-order valence-corrected chi connectivity index (χ4v) is 2.95. The molecule has 0 N–H and O–H groups in total. The van der Waals surface area contributed by atoms with Gasteiger partial charge in [0.1, 0.15) is 0 Å². The van der Waals surface area contributed by atoms with Gasteiger partial charge < -0.3 is 0 Å². The van der Waals surface area contributed by atoms with Gasteiger partial charge in [-0.1, -0.05) is 60.7 Å². The van der Waals surface area contributed by atoms with Crippen molar-refractivity contribution in [3.63, 3.8) is 0 Å². The van der Waals surface area contributed by atoms with Crippen LogP contribution < -0.4 is 4.85 Å². The highest BCUT2D eigenvalue weighted by Gasteiger charge is 2.20. The van der Waals surface area contributed by atoms with Crippen LogP contribution >= 0.6 is 0 Å². The van der Waals surface area contributed by atoms with Crippen molar-refractivity contribution in [1.29, 1.82) is 0 Å². The van der Waals surface area contributed by atoms with Gasteiger partial charge >= 0.3 is 5.71 Å². The molecule has 0 aliphatic carbocycles. The summed E-state index contributed by atoms with van der Waals surface area (Å²) in [6.45, 7) is 0. The summed E-state index contributed by atoms with van der Waals surface area (Å²) in [7, 11) is 0. The van der Waals surface area contributed by atoms with Crippen LogP contribution in [0.5, 0.6) is 0 Å². The second-order valence-electron chi connectivity index (χ2n) is 5.56.